The Balaban J connectivity index is 1.86. The molecule has 0 aliphatic carbocycles. The molecular weight excluding hydrogens is 252 g/mol. The quantitative estimate of drug-likeness (QED) is 0.341. The van der Waals surface area contributed by atoms with Gasteiger partial charge in [0.2, 0.25) is 0 Å². The van der Waals surface area contributed by atoms with Crippen LogP contribution >= 0.6 is 0 Å². The van der Waals surface area contributed by atoms with E-state index in [1.807, 2.05) is 5.01 Å². The molecule has 1 atom stereocenters. The molecule has 0 radical (unpaired) electrons. The molecule has 0 aromatic carbocycles. The number of ether oxygens (including phenoxy) is 1. The highest BCUT2D eigenvalue weighted by atomic mass is 16.5. The normalized spacial score (nSPS) is 20.4. The van der Waals surface area contributed by atoms with Crippen molar-refractivity contribution in [3.8, 4) is 0 Å². The Bertz CT molecular complexity index is 215. The first-order chi connectivity index (χ1) is 9.88. The Kier molecular flexibility index (Phi) is 11.2. The number of quaternary nitrogens is 1. The van der Waals surface area contributed by atoms with Gasteiger partial charge >= 0.3 is 0 Å². The van der Waals surface area contributed by atoms with Crippen molar-refractivity contribution >= 4 is 0 Å². The van der Waals surface area contributed by atoms with E-state index in [1.54, 1.807) is 0 Å². The highest BCUT2D eigenvalue weighted by molar-refractivity contribution is 4.68. The number of nitrogens with zero attached hydrogens (tertiary/aromatic N) is 1. The van der Waals surface area contributed by atoms with Crippen molar-refractivity contribution in [3.05, 3.63) is 5.21 Å². The molecule has 1 aliphatic heterocycles. The molecule has 4 nitrogen and oxygen atoms in total. The van der Waals surface area contributed by atoms with Gasteiger partial charge in [-0.2, -0.15) is 5.01 Å². The molecule has 0 aromatic rings. The standard InChI is InChI=1S/C16H34N2O2/c1-2-3-4-5-6-7-8-9-10-11-12-16-15-20-14-13-18(16)17-19/h16H,2-15,17H2,1H3. The summed E-state index contributed by atoms with van der Waals surface area (Å²) < 4.78 is 5.46. The molecule has 4 heteroatoms. The second-order valence-electron chi connectivity index (χ2n) is 6.04. The van der Waals surface area contributed by atoms with Crippen LogP contribution in [0.5, 0.6) is 0 Å². The van der Waals surface area contributed by atoms with Crippen molar-refractivity contribution in [2.75, 3.05) is 19.8 Å². The molecule has 1 fully saturated rings. The summed E-state index contributed by atoms with van der Waals surface area (Å²) in [6.07, 6.45) is 14.8. The summed E-state index contributed by atoms with van der Waals surface area (Å²) in [6.45, 7) is 4.47. The molecular formula is C16H34N2O2. The van der Waals surface area contributed by atoms with Crippen LogP contribution in [0, 0.1) is 5.21 Å². The van der Waals surface area contributed by atoms with E-state index in [4.69, 9.17) is 4.74 Å². The smallest absolute Gasteiger partial charge is 0.0822 e. The number of nitrogens with two attached hydrogens (primary N) is 1. The maximum Gasteiger partial charge on any atom is 0.0822 e. The fourth-order valence-corrected chi connectivity index (χ4v) is 2.92. The van der Waals surface area contributed by atoms with Gasteiger partial charge < -0.3 is 15.5 Å². The third-order valence-electron chi connectivity index (χ3n) is 4.30. The second-order valence-corrected chi connectivity index (χ2v) is 6.04. The van der Waals surface area contributed by atoms with Gasteiger partial charge in [0, 0.05) is 0 Å². The van der Waals surface area contributed by atoms with E-state index in [9.17, 15) is 5.21 Å². The van der Waals surface area contributed by atoms with E-state index in [0.29, 0.717) is 12.6 Å². The summed E-state index contributed by atoms with van der Waals surface area (Å²) in [5.41, 5.74) is 0.990. The van der Waals surface area contributed by atoms with Gasteiger partial charge in [0.25, 0.3) is 0 Å². The van der Waals surface area contributed by atoms with Gasteiger partial charge in [-0.05, 0) is 6.42 Å². The molecule has 1 saturated heterocycles. The fraction of sp³-hybridized carbons (Fsp3) is 1.00. The minimum absolute atomic E-state index is 0.329. The van der Waals surface area contributed by atoms with Crippen LogP contribution < -0.4 is 5.59 Å². The van der Waals surface area contributed by atoms with Crippen molar-refractivity contribution in [2.24, 2.45) is 0 Å². The lowest BCUT2D eigenvalue weighted by Crippen LogP contribution is -2.91. The Morgan fingerprint density at radius 1 is 1.00 bits per heavy atom. The SMILES string of the molecule is CCCCCCCCCCCCC1COCCN1[NH2+][O-]. The predicted octanol–water partition coefficient (Wildman–Crippen LogP) is 2.97. The van der Waals surface area contributed by atoms with Gasteiger partial charge in [-0.25, -0.2) is 0 Å². The molecule has 1 heterocycles. The van der Waals surface area contributed by atoms with Crippen LogP contribution in [-0.2, 0) is 4.74 Å². The van der Waals surface area contributed by atoms with Gasteiger partial charge in [-0.3, -0.25) is 0 Å². The highest BCUT2D eigenvalue weighted by Gasteiger charge is 2.23. The van der Waals surface area contributed by atoms with E-state index < -0.39 is 0 Å². The lowest BCUT2D eigenvalue weighted by molar-refractivity contribution is -0.763. The number of hydrogen-bond donors (Lipinski definition) is 1. The Hall–Kier alpha value is -0.160. The average molecular weight is 286 g/mol. The van der Waals surface area contributed by atoms with E-state index in [1.165, 1.54) is 64.2 Å². The van der Waals surface area contributed by atoms with Gasteiger partial charge in [0.1, 0.15) is 0 Å². The van der Waals surface area contributed by atoms with Crippen LogP contribution in [0.25, 0.3) is 0 Å². The second kappa shape index (κ2) is 12.6. The molecule has 0 bridgehead atoms. The summed E-state index contributed by atoms with van der Waals surface area (Å²) in [5, 5.41) is 12.8. The lowest BCUT2D eigenvalue weighted by Gasteiger charge is -2.33. The molecule has 120 valence electrons. The van der Waals surface area contributed by atoms with Gasteiger partial charge in [0.05, 0.1) is 25.8 Å². The largest absolute Gasteiger partial charge is 0.614 e. The monoisotopic (exact) mass is 286 g/mol. The zero-order valence-electron chi connectivity index (χ0n) is 13.3. The zero-order valence-corrected chi connectivity index (χ0v) is 13.3. The summed E-state index contributed by atoms with van der Waals surface area (Å²) in [4.78, 5) is 0. The first kappa shape index (κ1) is 17.9. The number of unbranched alkanes of at least 4 members (excludes halogenated alkanes) is 9. The van der Waals surface area contributed by atoms with Crippen molar-refractivity contribution in [1.29, 1.82) is 0 Å². The maximum absolute atomic E-state index is 10.9. The fourth-order valence-electron chi connectivity index (χ4n) is 2.92. The van der Waals surface area contributed by atoms with Crippen LogP contribution in [0.4, 0.5) is 0 Å². The molecule has 2 N–H and O–H groups in total. The predicted molar refractivity (Wildman–Crippen MR) is 83.1 cm³/mol. The van der Waals surface area contributed by atoms with E-state index in [2.05, 4.69) is 6.92 Å². The Morgan fingerprint density at radius 3 is 2.20 bits per heavy atom. The average Bonchev–Trinajstić information content (AvgIpc) is 2.49. The molecule has 1 rings (SSSR count). The topological polar surface area (TPSA) is 52.1 Å². The maximum atomic E-state index is 10.9. The number of rotatable bonds is 12. The molecule has 0 spiro atoms. The summed E-state index contributed by atoms with van der Waals surface area (Å²) in [5.74, 6) is 0. The summed E-state index contributed by atoms with van der Waals surface area (Å²) in [6, 6.07) is 0.329. The van der Waals surface area contributed by atoms with E-state index in [-0.39, 0.29) is 0 Å². The molecule has 0 aromatic heterocycles. The van der Waals surface area contributed by atoms with Crippen LogP contribution in [-0.4, -0.2) is 30.8 Å². The van der Waals surface area contributed by atoms with Crippen molar-refractivity contribution in [1.82, 2.24) is 5.01 Å². The zero-order chi connectivity index (χ0) is 14.5. The Morgan fingerprint density at radius 2 is 1.60 bits per heavy atom. The molecule has 1 aliphatic rings. The van der Waals surface area contributed by atoms with Gasteiger partial charge in [0.15, 0.2) is 0 Å². The van der Waals surface area contributed by atoms with Crippen LogP contribution in [0.3, 0.4) is 0 Å². The van der Waals surface area contributed by atoms with Crippen LogP contribution in [0.15, 0.2) is 0 Å². The molecule has 0 saturated carbocycles. The molecule has 20 heavy (non-hydrogen) atoms. The van der Waals surface area contributed by atoms with E-state index >= 15 is 0 Å². The lowest BCUT2D eigenvalue weighted by atomic mass is 10.0. The van der Waals surface area contributed by atoms with Crippen molar-refractivity contribution in [3.63, 3.8) is 0 Å². The first-order valence-electron chi connectivity index (χ1n) is 8.67. The Labute approximate surface area is 124 Å². The molecule has 1 unspecified atom stereocenters. The van der Waals surface area contributed by atoms with Gasteiger partial charge in [-0.15, -0.1) is 0 Å². The van der Waals surface area contributed by atoms with Crippen molar-refractivity contribution in [2.45, 2.75) is 83.6 Å². The first-order valence-corrected chi connectivity index (χ1v) is 8.67. The summed E-state index contributed by atoms with van der Waals surface area (Å²) >= 11 is 0. The third kappa shape index (κ3) is 8.20. The van der Waals surface area contributed by atoms with Gasteiger partial charge in [-0.1, -0.05) is 71.1 Å². The van der Waals surface area contributed by atoms with Crippen molar-refractivity contribution < 1.29 is 10.3 Å². The number of hydrogen-bond acceptors (Lipinski definition) is 3. The van der Waals surface area contributed by atoms with Crippen LogP contribution in [0.1, 0.15) is 77.6 Å². The van der Waals surface area contributed by atoms with Crippen LogP contribution in [0.2, 0.25) is 0 Å². The van der Waals surface area contributed by atoms with E-state index in [0.717, 1.165) is 25.2 Å². The third-order valence-corrected chi connectivity index (χ3v) is 4.30. The molecule has 0 amide bonds. The minimum Gasteiger partial charge on any atom is -0.614 e. The highest BCUT2D eigenvalue weighted by Crippen LogP contribution is 2.14. The number of morpholine rings is 1. The summed E-state index contributed by atoms with van der Waals surface area (Å²) in [7, 11) is 0. The minimum atomic E-state index is 0.329.